The summed E-state index contributed by atoms with van der Waals surface area (Å²) in [6.07, 6.45) is 4.10. The largest absolute Gasteiger partial charge is 0.369 e. The third-order valence-electron chi connectivity index (χ3n) is 6.25. The molecule has 0 aromatic heterocycles. The number of benzene rings is 2. The van der Waals surface area contributed by atoms with Crippen molar-refractivity contribution in [1.82, 2.24) is 4.90 Å². The number of piperidine rings is 1. The van der Waals surface area contributed by atoms with Crippen LogP contribution in [-0.2, 0) is 16.0 Å². The quantitative estimate of drug-likeness (QED) is 0.865. The molecule has 146 valence electrons. The number of primary amides is 1. The molecule has 2 amide bonds. The summed E-state index contributed by atoms with van der Waals surface area (Å²) in [6.45, 7) is 3.26. The number of hydrogen-bond donors (Lipinski definition) is 1. The van der Waals surface area contributed by atoms with E-state index in [2.05, 4.69) is 43.3 Å². The maximum atomic E-state index is 12.6. The Morgan fingerprint density at radius 2 is 1.82 bits per heavy atom. The van der Waals surface area contributed by atoms with E-state index in [1.165, 1.54) is 5.56 Å². The number of likely N-dealkylation sites (tertiary alicyclic amines) is 1. The number of amides is 2. The number of carbonyl (C=O) groups is 2. The predicted molar refractivity (Wildman–Crippen MR) is 110 cm³/mol. The van der Waals surface area contributed by atoms with Crippen LogP contribution in [0.5, 0.6) is 0 Å². The molecule has 2 aromatic rings. The van der Waals surface area contributed by atoms with Gasteiger partial charge in [-0.3, -0.25) is 9.59 Å². The number of aryl methyl sites for hydroxylation is 1. The van der Waals surface area contributed by atoms with Gasteiger partial charge in [-0.15, -0.1) is 0 Å². The third kappa shape index (κ3) is 3.68. The van der Waals surface area contributed by atoms with E-state index in [4.69, 9.17) is 5.73 Å². The van der Waals surface area contributed by atoms with E-state index in [1.54, 1.807) is 0 Å². The number of carbonyl (C=O) groups excluding carboxylic acids is 2. The SMILES string of the molecule is Cc1ccc(-c2ccccc2CC2(C(N)=O)CCCN(C(=O)C3CC3)C2)cc1. The minimum Gasteiger partial charge on any atom is -0.369 e. The number of rotatable bonds is 5. The Kier molecular flexibility index (Phi) is 4.96. The van der Waals surface area contributed by atoms with Crippen LogP contribution >= 0.6 is 0 Å². The topological polar surface area (TPSA) is 63.4 Å². The first-order chi connectivity index (χ1) is 13.5. The molecule has 1 heterocycles. The molecule has 4 rings (SSSR count). The Labute approximate surface area is 166 Å². The molecule has 28 heavy (non-hydrogen) atoms. The minimum absolute atomic E-state index is 0.170. The average Bonchev–Trinajstić information content (AvgIpc) is 3.54. The van der Waals surface area contributed by atoms with Crippen LogP contribution in [0.1, 0.15) is 36.8 Å². The fraction of sp³-hybridized carbons (Fsp3) is 0.417. The number of hydrogen-bond acceptors (Lipinski definition) is 2. The summed E-state index contributed by atoms with van der Waals surface area (Å²) < 4.78 is 0. The van der Waals surface area contributed by atoms with Crippen molar-refractivity contribution in [3.63, 3.8) is 0 Å². The van der Waals surface area contributed by atoms with Gasteiger partial charge in [-0.2, -0.15) is 0 Å². The molecule has 2 N–H and O–H groups in total. The Balaban J connectivity index is 1.64. The van der Waals surface area contributed by atoms with Crippen LogP contribution in [-0.4, -0.2) is 29.8 Å². The first-order valence-corrected chi connectivity index (χ1v) is 10.2. The van der Waals surface area contributed by atoms with E-state index in [0.717, 1.165) is 48.9 Å². The first-order valence-electron chi connectivity index (χ1n) is 10.2. The van der Waals surface area contributed by atoms with Gasteiger partial charge in [0.25, 0.3) is 0 Å². The summed E-state index contributed by atoms with van der Waals surface area (Å²) in [4.78, 5) is 27.1. The highest BCUT2D eigenvalue weighted by atomic mass is 16.2. The van der Waals surface area contributed by atoms with Crippen molar-refractivity contribution in [1.29, 1.82) is 0 Å². The second-order valence-corrected chi connectivity index (χ2v) is 8.48. The highest BCUT2D eigenvalue weighted by molar-refractivity contribution is 5.85. The lowest BCUT2D eigenvalue weighted by Gasteiger charge is -2.41. The number of nitrogens with two attached hydrogens (primary N) is 1. The molecule has 1 saturated heterocycles. The van der Waals surface area contributed by atoms with E-state index in [0.29, 0.717) is 13.0 Å². The molecule has 1 atom stereocenters. The zero-order valence-electron chi connectivity index (χ0n) is 16.5. The Morgan fingerprint density at radius 3 is 2.50 bits per heavy atom. The Bertz CT molecular complexity index is 886. The molecule has 0 radical (unpaired) electrons. The molecule has 1 aliphatic heterocycles. The summed E-state index contributed by atoms with van der Waals surface area (Å²) in [7, 11) is 0. The van der Waals surface area contributed by atoms with Gasteiger partial charge in [-0.05, 0) is 55.7 Å². The smallest absolute Gasteiger partial charge is 0.225 e. The van der Waals surface area contributed by atoms with Gasteiger partial charge in [0.1, 0.15) is 0 Å². The summed E-state index contributed by atoms with van der Waals surface area (Å²) >= 11 is 0. The monoisotopic (exact) mass is 376 g/mol. The van der Waals surface area contributed by atoms with Crippen LogP contribution in [0.4, 0.5) is 0 Å². The van der Waals surface area contributed by atoms with Gasteiger partial charge in [-0.25, -0.2) is 0 Å². The van der Waals surface area contributed by atoms with Crippen LogP contribution < -0.4 is 5.73 Å². The standard InChI is InChI=1S/C24H28N2O2/c1-17-7-9-18(10-8-17)21-6-3-2-5-20(21)15-24(23(25)28)13-4-14-26(16-24)22(27)19-11-12-19/h2-3,5-10,19H,4,11-16H2,1H3,(H2,25,28). The maximum Gasteiger partial charge on any atom is 0.225 e. The third-order valence-corrected chi connectivity index (χ3v) is 6.25. The van der Waals surface area contributed by atoms with Crippen LogP contribution in [0.3, 0.4) is 0 Å². The molecule has 2 aromatic carbocycles. The molecule has 1 saturated carbocycles. The van der Waals surface area contributed by atoms with Gasteiger partial charge in [0, 0.05) is 19.0 Å². The van der Waals surface area contributed by atoms with Crippen molar-refractivity contribution < 1.29 is 9.59 Å². The fourth-order valence-corrected chi connectivity index (χ4v) is 4.39. The Morgan fingerprint density at radius 1 is 1.11 bits per heavy atom. The highest BCUT2D eigenvalue weighted by Gasteiger charge is 2.44. The lowest BCUT2D eigenvalue weighted by atomic mass is 9.73. The normalized spacial score (nSPS) is 22.1. The summed E-state index contributed by atoms with van der Waals surface area (Å²) in [6, 6.07) is 16.7. The van der Waals surface area contributed by atoms with Gasteiger partial charge >= 0.3 is 0 Å². The summed E-state index contributed by atoms with van der Waals surface area (Å²) in [5.74, 6) is 0.0835. The second kappa shape index (κ2) is 7.42. The Hall–Kier alpha value is -2.62. The van der Waals surface area contributed by atoms with E-state index in [9.17, 15) is 9.59 Å². The van der Waals surface area contributed by atoms with Gasteiger partial charge in [0.2, 0.25) is 11.8 Å². The molecule has 2 aliphatic rings. The van der Waals surface area contributed by atoms with Gasteiger partial charge in [0.05, 0.1) is 5.41 Å². The lowest BCUT2D eigenvalue weighted by Crippen LogP contribution is -2.53. The average molecular weight is 377 g/mol. The molecule has 4 heteroatoms. The van der Waals surface area contributed by atoms with E-state index >= 15 is 0 Å². The molecule has 4 nitrogen and oxygen atoms in total. The highest BCUT2D eigenvalue weighted by Crippen LogP contribution is 2.39. The number of nitrogens with zero attached hydrogens (tertiary/aromatic N) is 1. The minimum atomic E-state index is -0.691. The predicted octanol–water partition coefficient (Wildman–Crippen LogP) is 3.71. The zero-order valence-corrected chi connectivity index (χ0v) is 16.5. The molecule has 1 aliphatic carbocycles. The van der Waals surface area contributed by atoms with Crippen molar-refractivity contribution in [2.45, 2.75) is 39.0 Å². The lowest BCUT2D eigenvalue weighted by molar-refractivity contribution is -0.140. The van der Waals surface area contributed by atoms with Crippen molar-refractivity contribution in [2.75, 3.05) is 13.1 Å². The molecule has 1 unspecified atom stereocenters. The van der Waals surface area contributed by atoms with E-state index in [1.807, 2.05) is 17.0 Å². The van der Waals surface area contributed by atoms with Crippen molar-refractivity contribution in [3.8, 4) is 11.1 Å². The van der Waals surface area contributed by atoms with Crippen molar-refractivity contribution in [2.24, 2.45) is 17.1 Å². The second-order valence-electron chi connectivity index (χ2n) is 8.48. The van der Waals surface area contributed by atoms with Crippen molar-refractivity contribution in [3.05, 3.63) is 59.7 Å². The van der Waals surface area contributed by atoms with Gasteiger partial charge in [0.15, 0.2) is 0 Å². The van der Waals surface area contributed by atoms with Gasteiger partial charge < -0.3 is 10.6 Å². The molecule has 2 fully saturated rings. The summed E-state index contributed by atoms with van der Waals surface area (Å²) in [5.41, 5.74) is 9.85. The zero-order chi connectivity index (χ0) is 19.7. The van der Waals surface area contributed by atoms with E-state index < -0.39 is 5.41 Å². The van der Waals surface area contributed by atoms with Crippen molar-refractivity contribution >= 4 is 11.8 Å². The molecule has 0 bridgehead atoms. The maximum absolute atomic E-state index is 12.6. The van der Waals surface area contributed by atoms with E-state index in [-0.39, 0.29) is 17.7 Å². The molecular weight excluding hydrogens is 348 g/mol. The first kappa shape index (κ1) is 18.7. The van der Waals surface area contributed by atoms with Crippen LogP contribution in [0, 0.1) is 18.3 Å². The van der Waals surface area contributed by atoms with Crippen LogP contribution in [0.25, 0.3) is 11.1 Å². The van der Waals surface area contributed by atoms with Gasteiger partial charge in [-0.1, -0.05) is 54.1 Å². The fourth-order valence-electron chi connectivity index (χ4n) is 4.39. The van der Waals surface area contributed by atoms with Crippen LogP contribution in [0.2, 0.25) is 0 Å². The molecular formula is C24H28N2O2. The molecule has 0 spiro atoms. The van der Waals surface area contributed by atoms with Crippen LogP contribution in [0.15, 0.2) is 48.5 Å². The summed E-state index contributed by atoms with van der Waals surface area (Å²) in [5, 5.41) is 0.